The summed E-state index contributed by atoms with van der Waals surface area (Å²) in [7, 11) is 0. The fraction of sp³-hybridized carbons (Fsp3) is 0.556. The molecule has 0 spiro atoms. The number of fused-ring (bicyclic) bond motifs is 2. The van der Waals surface area contributed by atoms with Crippen LogP contribution in [-0.4, -0.2) is 99.9 Å². The number of anilines is 1. The van der Waals surface area contributed by atoms with Crippen molar-refractivity contribution >= 4 is 57.3 Å². The number of carbonyl (C=O) groups is 3. The highest BCUT2D eigenvalue weighted by Gasteiger charge is 2.35. The number of benzene rings is 2. The third-order valence-corrected chi connectivity index (χ3v) is 11.3. The Morgan fingerprint density at radius 1 is 1.02 bits per heavy atom. The van der Waals surface area contributed by atoms with Crippen LogP contribution in [0.15, 0.2) is 45.6 Å². The Morgan fingerprint density at radius 3 is 2.47 bits per heavy atom. The number of halogens is 1. The van der Waals surface area contributed by atoms with Gasteiger partial charge in [-0.3, -0.25) is 9.78 Å². The minimum Gasteiger partial charge on any atom is -0.408 e. The Hall–Kier alpha value is -3.59. The summed E-state index contributed by atoms with van der Waals surface area (Å²) in [6, 6.07) is 10.9. The number of aromatic amines is 1. The van der Waals surface area contributed by atoms with Gasteiger partial charge in [0.2, 0.25) is 5.91 Å². The second kappa shape index (κ2) is 16.0. The Bertz CT molecular complexity index is 1690. The maximum Gasteiger partial charge on any atom is 0.417 e. The molecule has 0 unspecified atom stereocenters. The molecule has 2 saturated heterocycles. The Labute approximate surface area is 301 Å². The number of nitrogens with one attached hydrogen (secondary N) is 3. The van der Waals surface area contributed by atoms with E-state index in [1.807, 2.05) is 46.2 Å². The molecule has 3 aliphatic rings. The van der Waals surface area contributed by atoms with E-state index in [-0.39, 0.29) is 30.4 Å². The van der Waals surface area contributed by atoms with Crippen molar-refractivity contribution in [3.05, 3.63) is 63.6 Å². The van der Waals surface area contributed by atoms with Crippen molar-refractivity contribution in [2.45, 2.75) is 87.9 Å². The molecule has 3 aliphatic heterocycles. The van der Waals surface area contributed by atoms with Gasteiger partial charge < -0.3 is 34.7 Å². The molecule has 1 atom stereocenters. The van der Waals surface area contributed by atoms with E-state index < -0.39 is 11.8 Å². The van der Waals surface area contributed by atoms with Crippen LogP contribution in [0.3, 0.4) is 0 Å². The average molecular weight is 786 g/mol. The van der Waals surface area contributed by atoms with Gasteiger partial charge in [0.1, 0.15) is 6.04 Å². The first-order valence-corrected chi connectivity index (χ1v) is 19.2. The van der Waals surface area contributed by atoms with Gasteiger partial charge in [0.05, 0.1) is 5.52 Å². The van der Waals surface area contributed by atoms with Crippen LogP contribution in [0.2, 0.25) is 0 Å². The van der Waals surface area contributed by atoms with Gasteiger partial charge in [-0.25, -0.2) is 14.4 Å². The standard InChI is InChI=1S/C36H48IN7O5/c1-3-5-14-41(4-2)27-10-15-42(16-11-27)33(45)31(19-25-21-32-30(20-26(25)22-37)40-36(48)49-32)39-34(46)43-17-12-28(13-18-43)44-23-24-8-6-7-9-29(24)38-35(44)47/h6-9,20-21,27-28,31H,3-5,10-19,22-23H2,1-2H3,(H,38,47)(H,39,46)(H,40,48)/t31-/m1/s1. The molecule has 264 valence electrons. The van der Waals surface area contributed by atoms with E-state index in [1.54, 1.807) is 4.90 Å². The molecule has 1 aromatic heterocycles. The number of nitrogens with zero attached hydrogens (tertiary/aromatic N) is 4. The lowest BCUT2D eigenvalue weighted by atomic mass is 9.97. The first-order chi connectivity index (χ1) is 23.8. The number of amides is 5. The van der Waals surface area contributed by atoms with Crippen molar-refractivity contribution < 1.29 is 18.8 Å². The SMILES string of the molecule is CCCCN(CC)C1CCN(C(=O)[C@@H](Cc2cc3oc(=O)[nH]c3cc2CI)NC(=O)N2CCC(N3Cc4ccccc4NC3=O)CC2)CC1. The smallest absolute Gasteiger partial charge is 0.408 e. The maximum absolute atomic E-state index is 14.2. The summed E-state index contributed by atoms with van der Waals surface area (Å²) in [4.78, 5) is 63.7. The van der Waals surface area contributed by atoms with Gasteiger partial charge in [-0.1, -0.05) is 61.1 Å². The van der Waals surface area contributed by atoms with Crippen LogP contribution in [0.1, 0.15) is 69.1 Å². The molecule has 13 heteroatoms. The average Bonchev–Trinajstić information content (AvgIpc) is 3.49. The number of oxazole rings is 1. The number of hydrogen-bond donors (Lipinski definition) is 3. The zero-order valence-electron chi connectivity index (χ0n) is 28.5. The lowest BCUT2D eigenvalue weighted by Crippen LogP contribution is -2.57. The van der Waals surface area contributed by atoms with Crippen LogP contribution < -0.4 is 16.4 Å². The van der Waals surface area contributed by atoms with E-state index in [1.165, 1.54) is 6.42 Å². The minimum atomic E-state index is -0.779. The van der Waals surface area contributed by atoms with Crippen LogP contribution in [0.5, 0.6) is 0 Å². The highest BCUT2D eigenvalue weighted by atomic mass is 127. The number of H-pyrrole nitrogens is 1. The molecular weight excluding hydrogens is 737 g/mol. The van der Waals surface area contributed by atoms with Gasteiger partial charge in [-0.15, -0.1) is 0 Å². The van der Waals surface area contributed by atoms with E-state index in [4.69, 9.17) is 4.42 Å². The molecule has 49 heavy (non-hydrogen) atoms. The molecule has 3 N–H and O–H groups in total. The monoisotopic (exact) mass is 785 g/mol. The number of aromatic nitrogens is 1. The Balaban J connectivity index is 1.14. The quantitative estimate of drug-likeness (QED) is 0.179. The molecule has 6 rings (SSSR count). The van der Waals surface area contributed by atoms with Crippen molar-refractivity contribution in [2.75, 3.05) is 44.6 Å². The summed E-state index contributed by atoms with van der Waals surface area (Å²) in [6.07, 6.45) is 5.74. The van der Waals surface area contributed by atoms with E-state index in [2.05, 4.69) is 57.0 Å². The van der Waals surface area contributed by atoms with E-state index in [9.17, 15) is 19.2 Å². The Kier molecular flexibility index (Phi) is 11.5. The molecule has 5 amide bonds. The largest absolute Gasteiger partial charge is 0.417 e. The van der Waals surface area contributed by atoms with Crippen molar-refractivity contribution in [2.24, 2.45) is 0 Å². The summed E-state index contributed by atoms with van der Waals surface area (Å²) in [5, 5.41) is 6.12. The zero-order chi connectivity index (χ0) is 34.5. The number of likely N-dealkylation sites (tertiary alicyclic amines) is 2. The number of alkyl halides is 1. The van der Waals surface area contributed by atoms with Gasteiger partial charge >= 0.3 is 17.8 Å². The van der Waals surface area contributed by atoms with Crippen LogP contribution in [-0.2, 0) is 22.2 Å². The molecule has 2 fully saturated rings. The van der Waals surface area contributed by atoms with Crippen molar-refractivity contribution in [3.8, 4) is 0 Å². The lowest BCUT2D eigenvalue weighted by Gasteiger charge is -2.41. The van der Waals surface area contributed by atoms with Crippen molar-refractivity contribution in [3.63, 3.8) is 0 Å². The second-order valence-electron chi connectivity index (χ2n) is 13.4. The van der Waals surface area contributed by atoms with Crippen molar-refractivity contribution in [1.82, 2.24) is 29.9 Å². The zero-order valence-corrected chi connectivity index (χ0v) is 30.7. The predicted molar refractivity (Wildman–Crippen MR) is 198 cm³/mol. The molecule has 0 radical (unpaired) electrons. The molecule has 0 aliphatic carbocycles. The molecule has 3 aromatic rings. The number of hydrogen-bond acceptors (Lipinski definition) is 6. The molecule has 12 nitrogen and oxygen atoms in total. The van der Waals surface area contributed by atoms with Crippen LogP contribution in [0.25, 0.3) is 11.1 Å². The van der Waals surface area contributed by atoms with Crippen LogP contribution >= 0.6 is 22.6 Å². The minimum absolute atomic E-state index is 0.0186. The van der Waals surface area contributed by atoms with Gasteiger partial charge in [0, 0.05) is 61.3 Å². The molecule has 0 bridgehead atoms. The highest BCUT2D eigenvalue weighted by molar-refractivity contribution is 14.1. The molecule has 4 heterocycles. The topological polar surface area (TPSA) is 134 Å². The normalized spacial score (nSPS) is 18.1. The number of para-hydroxylation sites is 1. The van der Waals surface area contributed by atoms with E-state index in [0.717, 1.165) is 54.7 Å². The number of rotatable bonds is 11. The third kappa shape index (κ3) is 8.08. The Morgan fingerprint density at radius 2 is 1.76 bits per heavy atom. The number of unbranched alkanes of at least 4 members (excludes halogenated alkanes) is 1. The maximum atomic E-state index is 14.2. The molecule has 2 aromatic carbocycles. The van der Waals surface area contributed by atoms with Gasteiger partial charge in [0.15, 0.2) is 5.58 Å². The fourth-order valence-electron chi connectivity index (χ4n) is 7.59. The third-order valence-electron chi connectivity index (χ3n) is 10.5. The molecular formula is C36H48IN7O5. The molecule has 0 saturated carbocycles. The second-order valence-corrected chi connectivity index (χ2v) is 14.2. The summed E-state index contributed by atoms with van der Waals surface area (Å²) in [5.74, 6) is -0.609. The van der Waals surface area contributed by atoms with E-state index >= 15 is 0 Å². The number of urea groups is 2. The summed E-state index contributed by atoms with van der Waals surface area (Å²) >= 11 is 2.28. The van der Waals surface area contributed by atoms with Crippen LogP contribution in [0, 0.1) is 0 Å². The summed E-state index contributed by atoms with van der Waals surface area (Å²) < 4.78 is 6.03. The van der Waals surface area contributed by atoms with E-state index in [0.29, 0.717) is 67.1 Å². The fourth-order valence-corrected chi connectivity index (χ4v) is 8.30. The first kappa shape index (κ1) is 35.2. The van der Waals surface area contributed by atoms with Gasteiger partial charge in [-0.05, 0) is 80.1 Å². The predicted octanol–water partition coefficient (Wildman–Crippen LogP) is 5.30. The number of piperidine rings is 2. The van der Waals surface area contributed by atoms with Gasteiger partial charge in [-0.2, -0.15) is 0 Å². The summed E-state index contributed by atoms with van der Waals surface area (Å²) in [6.45, 7) is 9.31. The van der Waals surface area contributed by atoms with Crippen molar-refractivity contribution in [1.29, 1.82) is 0 Å². The number of carbonyl (C=O) groups excluding carboxylic acids is 3. The van der Waals surface area contributed by atoms with Gasteiger partial charge in [0.25, 0.3) is 0 Å². The summed E-state index contributed by atoms with van der Waals surface area (Å²) in [5.41, 5.74) is 4.83. The first-order valence-electron chi connectivity index (χ1n) is 17.7. The lowest BCUT2D eigenvalue weighted by molar-refractivity contribution is -0.134. The highest BCUT2D eigenvalue weighted by Crippen LogP contribution is 2.28. The van der Waals surface area contributed by atoms with Crippen LogP contribution in [0.4, 0.5) is 15.3 Å².